The molecule has 126 valence electrons. The first-order valence-electron chi connectivity index (χ1n) is 8.40. The van der Waals surface area contributed by atoms with Gasteiger partial charge in [0.25, 0.3) is 5.91 Å². The highest BCUT2D eigenvalue weighted by Gasteiger charge is 2.20. The maximum atomic E-state index is 12.4. The number of anilines is 1. The number of ether oxygens (including phenoxy) is 1. The molecule has 1 saturated heterocycles. The van der Waals surface area contributed by atoms with Crippen molar-refractivity contribution in [3.8, 4) is 0 Å². The van der Waals surface area contributed by atoms with E-state index < -0.39 is 0 Å². The van der Waals surface area contributed by atoms with Crippen molar-refractivity contribution in [2.24, 2.45) is 5.10 Å². The molecule has 1 aromatic rings. The molecule has 0 atom stereocenters. The predicted molar refractivity (Wildman–Crippen MR) is 92.5 cm³/mol. The Morgan fingerprint density at radius 2 is 1.91 bits per heavy atom. The summed E-state index contributed by atoms with van der Waals surface area (Å²) in [6.07, 6.45) is 6.89. The summed E-state index contributed by atoms with van der Waals surface area (Å²) in [7, 11) is 0. The second kappa shape index (κ2) is 7.88. The van der Waals surface area contributed by atoms with Crippen LogP contribution in [-0.2, 0) is 4.74 Å². The molecule has 1 aromatic heterocycles. The molecule has 3 rings (SSSR count). The van der Waals surface area contributed by atoms with Crippen molar-refractivity contribution in [1.82, 2.24) is 10.4 Å². The highest BCUT2D eigenvalue weighted by Crippen LogP contribution is 2.26. The maximum absolute atomic E-state index is 12.4. The number of aromatic nitrogens is 1. The Labute approximate surface area is 140 Å². The number of nitrogens with zero attached hydrogens (tertiary/aromatic N) is 3. The normalized spacial score (nSPS) is 19.3. The van der Waals surface area contributed by atoms with Crippen molar-refractivity contribution in [2.45, 2.75) is 45.4 Å². The lowest BCUT2D eigenvalue weighted by Crippen LogP contribution is -2.36. The Bertz CT molecular complexity index is 569. The largest absolute Gasteiger partial charge is 0.378 e. The van der Waals surface area contributed by atoms with Crippen molar-refractivity contribution in [2.75, 3.05) is 31.2 Å². The third-order valence-corrected chi connectivity index (χ3v) is 5.49. The molecular formula is C16H24N4O2S. The molecule has 2 heterocycles. The molecule has 2 aliphatic rings. The van der Waals surface area contributed by atoms with Gasteiger partial charge in [-0.25, -0.2) is 10.4 Å². The maximum Gasteiger partial charge on any atom is 0.283 e. The summed E-state index contributed by atoms with van der Waals surface area (Å²) in [5, 5.41) is 5.25. The Kier molecular flexibility index (Phi) is 5.61. The molecule has 0 bridgehead atoms. The van der Waals surface area contributed by atoms with Gasteiger partial charge in [-0.2, -0.15) is 5.10 Å². The summed E-state index contributed by atoms with van der Waals surface area (Å²) in [4.78, 5) is 19.8. The first kappa shape index (κ1) is 16.4. The van der Waals surface area contributed by atoms with Crippen LogP contribution in [0.25, 0.3) is 0 Å². The average molecular weight is 336 g/mol. The average Bonchev–Trinajstić information content (AvgIpc) is 2.80. The van der Waals surface area contributed by atoms with E-state index in [-0.39, 0.29) is 5.91 Å². The number of carbonyl (C=O) groups excluding carboxylic acids is 1. The van der Waals surface area contributed by atoms with Crippen molar-refractivity contribution >= 4 is 28.1 Å². The van der Waals surface area contributed by atoms with Crippen LogP contribution in [0.3, 0.4) is 0 Å². The standard InChI is InChI=1S/C16H24N4O2S/c1-12-14(23-16(17-12)20-8-10-22-11-9-20)15(21)19-18-13-6-4-2-3-5-7-13/h2-11H2,1H3,(H,19,21). The monoisotopic (exact) mass is 336 g/mol. The minimum Gasteiger partial charge on any atom is -0.378 e. The summed E-state index contributed by atoms with van der Waals surface area (Å²) in [5.74, 6) is -0.142. The fourth-order valence-electron chi connectivity index (χ4n) is 2.91. The number of hydrogen-bond acceptors (Lipinski definition) is 6. The van der Waals surface area contributed by atoms with Gasteiger partial charge in [-0.3, -0.25) is 4.79 Å². The van der Waals surface area contributed by atoms with Crippen LogP contribution in [0.2, 0.25) is 0 Å². The summed E-state index contributed by atoms with van der Waals surface area (Å²) >= 11 is 1.44. The predicted octanol–water partition coefficient (Wildman–Crippen LogP) is 2.73. The summed E-state index contributed by atoms with van der Waals surface area (Å²) in [6.45, 7) is 4.97. The number of rotatable bonds is 3. The number of morpholine rings is 1. The van der Waals surface area contributed by atoms with Gasteiger partial charge in [-0.05, 0) is 32.6 Å². The van der Waals surface area contributed by atoms with Crippen molar-refractivity contribution in [1.29, 1.82) is 0 Å². The van der Waals surface area contributed by atoms with Crippen molar-refractivity contribution in [3.63, 3.8) is 0 Å². The number of carbonyl (C=O) groups is 1. The van der Waals surface area contributed by atoms with E-state index in [2.05, 4.69) is 20.4 Å². The Hall–Kier alpha value is -1.47. The Morgan fingerprint density at radius 3 is 2.61 bits per heavy atom. The third kappa shape index (κ3) is 4.29. The van der Waals surface area contributed by atoms with Gasteiger partial charge in [-0.15, -0.1) is 0 Å². The smallest absolute Gasteiger partial charge is 0.283 e. The molecule has 1 amide bonds. The van der Waals surface area contributed by atoms with E-state index in [1.165, 1.54) is 37.0 Å². The molecule has 0 radical (unpaired) electrons. The van der Waals surface area contributed by atoms with Gasteiger partial charge in [0.1, 0.15) is 4.88 Å². The Morgan fingerprint density at radius 1 is 1.22 bits per heavy atom. The molecule has 0 unspecified atom stereocenters. The number of thiazole rings is 1. The zero-order chi connectivity index (χ0) is 16.1. The summed E-state index contributed by atoms with van der Waals surface area (Å²) in [5.41, 5.74) is 4.62. The first-order chi connectivity index (χ1) is 11.2. The third-order valence-electron chi connectivity index (χ3n) is 4.27. The number of aryl methyl sites for hydroxylation is 1. The SMILES string of the molecule is Cc1nc(N2CCOCC2)sc1C(=O)NN=C1CCCCCC1. The fourth-order valence-corrected chi connectivity index (χ4v) is 3.92. The Balaban J connectivity index is 1.64. The van der Waals surface area contributed by atoms with Crippen molar-refractivity contribution < 1.29 is 9.53 Å². The fraction of sp³-hybridized carbons (Fsp3) is 0.688. The number of nitrogens with one attached hydrogen (secondary N) is 1. The van der Waals surface area contributed by atoms with Crippen LogP contribution < -0.4 is 10.3 Å². The zero-order valence-corrected chi connectivity index (χ0v) is 14.5. The molecule has 1 saturated carbocycles. The van der Waals surface area contributed by atoms with Crippen LogP contribution in [0.15, 0.2) is 5.10 Å². The molecule has 23 heavy (non-hydrogen) atoms. The molecule has 7 heteroatoms. The highest BCUT2D eigenvalue weighted by molar-refractivity contribution is 7.17. The van der Waals surface area contributed by atoms with Gasteiger partial charge in [0.05, 0.1) is 18.9 Å². The minimum absolute atomic E-state index is 0.142. The zero-order valence-electron chi connectivity index (χ0n) is 13.6. The number of amides is 1. The van der Waals surface area contributed by atoms with Crippen LogP contribution in [0.5, 0.6) is 0 Å². The molecule has 0 aromatic carbocycles. The molecular weight excluding hydrogens is 312 g/mol. The van der Waals surface area contributed by atoms with E-state index in [0.29, 0.717) is 18.1 Å². The van der Waals surface area contributed by atoms with Crippen LogP contribution in [0.1, 0.15) is 53.9 Å². The lowest BCUT2D eigenvalue weighted by atomic mass is 10.2. The van der Waals surface area contributed by atoms with E-state index in [9.17, 15) is 4.79 Å². The van der Waals surface area contributed by atoms with Crippen LogP contribution in [0, 0.1) is 6.92 Å². The molecule has 6 nitrogen and oxygen atoms in total. The van der Waals surface area contributed by atoms with Gasteiger partial charge >= 0.3 is 0 Å². The van der Waals surface area contributed by atoms with Gasteiger partial charge in [0.2, 0.25) is 0 Å². The van der Waals surface area contributed by atoms with Gasteiger partial charge < -0.3 is 9.64 Å². The molecule has 2 fully saturated rings. The van der Waals surface area contributed by atoms with Crippen LogP contribution >= 0.6 is 11.3 Å². The highest BCUT2D eigenvalue weighted by atomic mass is 32.1. The van der Waals surface area contributed by atoms with E-state index in [1.54, 1.807) is 0 Å². The van der Waals surface area contributed by atoms with Crippen LogP contribution in [-0.4, -0.2) is 42.9 Å². The number of hydrazone groups is 1. The molecule has 1 aliphatic heterocycles. The molecule has 1 N–H and O–H groups in total. The van der Waals surface area contributed by atoms with E-state index in [4.69, 9.17) is 4.74 Å². The van der Waals surface area contributed by atoms with Gasteiger partial charge in [0, 0.05) is 18.8 Å². The van der Waals surface area contributed by atoms with E-state index in [1.807, 2.05) is 6.92 Å². The van der Waals surface area contributed by atoms with Gasteiger partial charge in [-0.1, -0.05) is 24.2 Å². The van der Waals surface area contributed by atoms with Crippen LogP contribution in [0.4, 0.5) is 5.13 Å². The van der Waals surface area contributed by atoms with Gasteiger partial charge in [0.15, 0.2) is 5.13 Å². The minimum atomic E-state index is -0.142. The first-order valence-corrected chi connectivity index (χ1v) is 9.21. The second-order valence-corrected chi connectivity index (χ2v) is 7.02. The summed E-state index contributed by atoms with van der Waals surface area (Å²) in [6, 6.07) is 0. The molecule has 0 spiro atoms. The lowest BCUT2D eigenvalue weighted by Gasteiger charge is -2.25. The van der Waals surface area contributed by atoms with E-state index in [0.717, 1.165) is 42.5 Å². The van der Waals surface area contributed by atoms with E-state index >= 15 is 0 Å². The quantitative estimate of drug-likeness (QED) is 0.681. The molecule has 1 aliphatic carbocycles. The second-order valence-electron chi connectivity index (χ2n) is 6.04. The lowest BCUT2D eigenvalue weighted by molar-refractivity contribution is 0.0958. The summed E-state index contributed by atoms with van der Waals surface area (Å²) < 4.78 is 5.36. The number of hydrogen-bond donors (Lipinski definition) is 1. The topological polar surface area (TPSA) is 66.8 Å². The van der Waals surface area contributed by atoms with Crippen molar-refractivity contribution in [3.05, 3.63) is 10.6 Å².